The molecule has 0 radical (unpaired) electrons. The fourth-order valence-electron chi connectivity index (χ4n) is 6.44. The van der Waals surface area contributed by atoms with Crippen molar-refractivity contribution in [3.05, 3.63) is 152 Å². The first-order valence-electron chi connectivity index (χ1n) is 14.5. The van der Waals surface area contributed by atoms with E-state index in [0.717, 1.165) is 66.5 Å². The van der Waals surface area contributed by atoms with Crippen LogP contribution in [0.15, 0.2) is 160 Å². The summed E-state index contributed by atoms with van der Waals surface area (Å²) < 4.78 is 12.6. The number of hydrogen-bond acceptors (Lipinski definition) is 3. The van der Waals surface area contributed by atoms with Crippen molar-refractivity contribution in [3.63, 3.8) is 0 Å². The van der Waals surface area contributed by atoms with E-state index >= 15 is 0 Å². The van der Waals surface area contributed by atoms with Gasteiger partial charge < -0.3 is 13.7 Å². The van der Waals surface area contributed by atoms with Gasteiger partial charge in [-0.3, -0.25) is 0 Å². The fraction of sp³-hybridized carbons (Fsp3) is 0. The maximum atomic E-state index is 6.32. The molecule has 43 heavy (non-hydrogen) atoms. The monoisotopic (exact) mass is 551 g/mol. The lowest BCUT2D eigenvalue weighted by Crippen LogP contribution is -2.10. The molecule has 202 valence electrons. The van der Waals surface area contributed by atoms with E-state index in [1.165, 1.54) is 16.3 Å². The predicted molar refractivity (Wildman–Crippen MR) is 179 cm³/mol. The van der Waals surface area contributed by atoms with Crippen LogP contribution in [0.4, 0.5) is 17.1 Å². The molecule has 0 aliphatic rings. The van der Waals surface area contributed by atoms with Crippen molar-refractivity contribution >= 4 is 71.7 Å². The van der Waals surface area contributed by atoms with Gasteiger partial charge in [-0.05, 0) is 70.4 Å². The second kappa shape index (κ2) is 9.37. The minimum absolute atomic E-state index is 0.860. The molecule has 2 heterocycles. The average molecular weight is 552 g/mol. The molecule has 0 bridgehead atoms. The summed E-state index contributed by atoms with van der Waals surface area (Å²) in [4.78, 5) is 2.29. The van der Waals surface area contributed by atoms with Gasteiger partial charge in [0.1, 0.15) is 22.3 Å². The third-order valence-electron chi connectivity index (χ3n) is 8.45. The number of para-hydroxylation sites is 2. The van der Waals surface area contributed by atoms with E-state index in [-0.39, 0.29) is 0 Å². The minimum atomic E-state index is 0.860. The Labute approximate surface area is 247 Å². The van der Waals surface area contributed by atoms with Gasteiger partial charge in [-0.15, -0.1) is 0 Å². The molecule has 3 heteroatoms. The number of furan rings is 2. The molecule has 0 atom stereocenters. The van der Waals surface area contributed by atoms with Gasteiger partial charge in [0.05, 0.1) is 0 Å². The smallest absolute Gasteiger partial charge is 0.137 e. The molecule has 0 saturated heterocycles. The number of nitrogens with zero attached hydrogens (tertiary/aromatic N) is 1. The van der Waals surface area contributed by atoms with Crippen LogP contribution in [0.5, 0.6) is 0 Å². The number of anilines is 3. The standard InChI is InChI=1S/C40H25NO2/c1-2-13-31-26(9-1)10-8-16-32(31)27-11-7-12-28(23-27)41(29-19-21-35-33-14-3-5-17-37(33)42-39(35)24-29)30-20-22-36-34-15-4-6-18-38(34)43-40(36)25-30/h1-25H. The molecule has 9 aromatic rings. The molecule has 2 aromatic heterocycles. The number of rotatable bonds is 4. The Balaban J connectivity index is 1.26. The van der Waals surface area contributed by atoms with Gasteiger partial charge in [0.25, 0.3) is 0 Å². The van der Waals surface area contributed by atoms with E-state index in [4.69, 9.17) is 8.83 Å². The molecule has 0 amide bonds. The zero-order chi connectivity index (χ0) is 28.3. The van der Waals surface area contributed by atoms with Crippen LogP contribution in [0.25, 0.3) is 65.8 Å². The van der Waals surface area contributed by atoms with E-state index < -0.39 is 0 Å². The highest BCUT2D eigenvalue weighted by molar-refractivity contribution is 6.08. The summed E-state index contributed by atoms with van der Waals surface area (Å²) in [6.45, 7) is 0. The number of hydrogen-bond donors (Lipinski definition) is 0. The van der Waals surface area contributed by atoms with Gasteiger partial charge in [0.15, 0.2) is 0 Å². The van der Waals surface area contributed by atoms with E-state index in [2.05, 4.69) is 132 Å². The van der Waals surface area contributed by atoms with E-state index in [0.29, 0.717) is 0 Å². The van der Waals surface area contributed by atoms with E-state index in [1.807, 2.05) is 24.3 Å². The summed E-state index contributed by atoms with van der Waals surface area (Å²) in [5, 5.41) is 6.93. The topological polar surface area (TPSA) is 29.5 Å². The van der Waals surface area contributed by atoms with Gasteiger partial charge in [-0.2, -0.15) is 0 Å². The summed E-state index contributed by atoms with van der Waals surface area (Å²) in [6.07, 6.45) is 0. The highest BCUT2D eigenvalue weighted by atomic mass is 16.3. The van der Waals surface area contributed by atoms with Crippen LogP contribution in [0.1, 0.15) is 0 Å². The Morgan fingerprint density at radius 3 is 1.53 bits per heavy atom. The lowest BCUT2D eigenvalue weighted by molar-refractivity contribution is 0.669. The summed E-state index contributed by atoms with van der Waals surface area (Å²) >= 11 is 0. The summed E-state index contributed by atoms with van der Waals surface area (Å²) in [7, 11) is 0. The second-order valence-electron chi connectivity index (χ2n) is 11.0. The first-order valence-corrected chi connectivity index (χ1v) is 14.5. The molecule has 0 aliphatic heterocycles. The van der Waals surface area contributed by atoms with Gasteiger partial charge in [-0.1, -0.05) is 91.0 Å². The highest BCUT2D eigenvalue weighted by Crippen LogP contribution is 2.42. The Morgan fingerprint density at radius 2 is 0.860 bits per heavy atom. The average Bonchev–Trinajstić information content (AvgIpc) is 3.62. The van der Waals surface area contributed by atoms with Gasteiger partial charge >= 0.3 is 0 Å². The van der Waals surface area contributed by atoms with Crippen molar-refractivity contribution in [1.82, 2.24) is 0 Å². The zero-order valence-electron chi connectivity index (χ0n) is 23.2. The van der Waals surface area contributed by atoms with E-state index in [1.54, 1.807) is 0 Å². The molecule has 0 unspecified atom stereocenters. The lowest BCUT2D eigenvalue weighted by Gasteiger charge is -2.26. The molecule has 0 saturated carbocycles. The van der Waals surface area contributed by atoms with Crippen molar-refractivity contribution < 1.29 is 8.83 Å². The third-order valence-corrected chi connectivity index (χ3v) is 8.45. The highest BCUT2D eigenvalue weighted by Gasteiger charge is 2.18. The molecular weight excluding hydrogens is 526 g/mol. The molecule has 3 nitrogen and oxygen atoms in total. The van der Waals surface area contributed by atoms with Crippen molar-refractivity contribution in [2.75, 3.05) is 4.90 Å². The second-order valence-corrected chi connectivity index (χ2v) is 11.0. The minimum Gasteiger partial charge on any atom is -0.456 e. The molecule has 0 N–H and O–H groups in total. The lowest BCUT2D eigenvalue weighted by atomic mass is 9.97. The first kappa shape index (κ1) is 23.9. The predicted octanol–water partition coefficient (Wildman–Crippen LogP) is 11.8. The summed E-state index contributed by atoms with van der Waals surface area (Å²) in [5.41, 5.74) is 8.95. The Kier molecular flexibility index (Phi) is 5.20. The Bertz CT molecular complexity index is 2360. The SMILES string of the molecule is c1cc(-c2cccc3ccccc23)cc(N(c2ccc3c(c2)oc2ccccc23)c2ccc3c(c2)oc2ccccc23)c1. The van der Waals surface area contributed by atoms with Crippen LogP contribution in [-0.2, 0) is 0 Å². The molecule has 0 fully saturated rings. The zero-order valence-corrected chi connectivity index (χ0v) is 23.2. The van der Waals surface area contributed by atoms with Crippen LogP contribution in [-0.4, -0.2) is 0 Å². The van der Waals surface area contributed by atoms with Crippen LogP contribution in [0, 0.1) is 0 Å². The third kappa shape index (κ3) is 3.83. The Hall–Kier alpha value is -5.80. The molecule has 9 rings (SSSR count). The molecule has 7 aromatic carbocycles. The number of benzene rings is 7. The van der Waals surface area contributed by atoms with Crippen LogP contribution >= 0.6 is 0 Å². The van der Waals surface area contributed by atoms with Crippen molar-refractivity contribution in [2.45, 2.75) is 0 Å². The quantitative estimate of drug-likeness (QED) is 0.218. The molecular formula is C40H25NO2. The fourth-order valence-corrected chi connectivity index (χ4v) is 6.44. The van der Waals surface area contributed by atoms with Crippen LogP contribution in [0.3, 0.4) is 0 Å². The van der Waals surface area contributed by atoms with Gasteiger partial charge in [-0.25, -0.2) is 0 Å². The summed E-state index contributed by atoms with van der Waals surface area (Å²) in [5.74, 6) is 0. The maximum Gasteiger partial charge on any atom is 0.137 e. The van der Waals surface area contributed by atoms with Gasteiger partial charge in [0.2, 0.25) is 0 Å². The molecule has 0 aliphatic carbocycles. The summed E-state index contributed by atoms with van der Waals surface area (Å²) in [6, 6.07) is 53.2. The van der Waals surface area contributed by atoms with Gasteiger partial charge in [0, 0.05) is 50.7 Å². The van der Waals surface area contributed by atoms with Crippen molar-refractivity contribution in [1.29, 1.82) is 0 Å². The first-order chi connectivity index (χ1) is 21.3. The largest absolute Gasteiger partial charge is 0.456 e. The van der Waals surface area contributed by atoms with Crippen molar-refractivity contribution in [3.8, 4) is 11.1 Å². The normalized spacial score (nSPS) is 11.7. The Morgan fingerprint density at radius 1 is 0.349 bits per heavy atom. The van der Waals surface area contributed by atoms with Crippen molar-refractivity contribution in [2.24, 2.45) is 0 Å². The molecule has 0 spiro atoms. The van der Waals surface area contributed by atoms with Crippen LogP contribution in [0.2, 0.25) is 0 Å². The van der Waals surface area contributed by atoms with E-state index in [9.17, 15) is 0 Å². The van der Waals surface area contributed by atoms with Crippen LogP contribution < -0.4 is 4.90 Å². The maximum absolute atomic E-state index is 6.32. The number of fused-ring (bicyclic) bond motifs is 7.